The Labute approximate surface area is 201 Å². The predicted molar refractivity (Wildman–Crippen MR) is 144 cm³/mol. The topological polar surface area (TPSA) is 29.3 Å². The van der Waals surface area contributed by atoms with Crippen molar-refractivity contribution in [1.29, 1.82) is 0 Å². The summed E-state index contributed by atoms with van der Waals surface area (Å²) < 4.78 is 0.815. The molecule has 2 aliphatic rings. The number of quaternary nitrogens is 1. The SMILES string of the molecule is C=C/C=C1\C(=C/C)N(CCCCN)/C(=C/C=C/C=C/[N+]2(C)c3ccccc3C2(C)C)C1(C)C. The Hall–Kier alpha value is -2.62. The summed E-state index contributed by atoms with van der Waals surface area (Å²) in [5.41, 5.74) is 12.5. The Morgan fingerprint density at radius 3 is 2.42 bits per heavy atom. The summed E-state index contributed by atoms with van der Waals surface area (Å²) >= 11 is 0. The van der Waals surface area contributed by atoms with Gasteiger partial charge in [-0.25, -0.2) is 0 Å². The fourth-order valence-corrected chi connectivity index (χ4v) is 5.34. The van der Waals surface area contributed by atoms with E-state index in [2.05, 4.69) is 120 Å². The molecule has 3 heteroatoms. The third-order valence-electron chi connectivity index (χ3n) is 7.65. The van der Waals surface area contributed by atoms with Gasteiger partial charge in [-0.1, -0.05) is 62.9 Å². The zero-order chi connectivity index (χ0) is 24.3. The number of nitrogens with two attached hydrogens (primary N) is 1. The molecule has 1 unspecified atom stereocenters. The monoisotopic (exact) mass is 444 g/mol. The third-order valence-corrected chi connectivity index (χ3v) is 7.65. The van der Waals surface area contributed by atoms with E-state index in [1.165, 1.54) is 28.2 Å². The molecule has 0 saturated carbocycles. The fraction of sp³-hybridized carbons (Fsp3) is 0.400. The molecule has 1 atom stereocenters. The number of likely N-dealkylation sites (tertiary alicyclic amines) is 1. The maximum atomic E-state index is 5.76. The summed E-state index contributed by atoms with van der Waals surface area (Å²) in [6.45, 7) is 17.0. The molecular formula is C30H42N3+. The van der Waals surface area contributed by atoms with Crippen LogP contribution in [0.4, 0.5) is 5.69 Å². The Morgan fingerprint density at radius 1 is 1.03 bits per heavy atom. The van der Waals surface area contributed by atoms with Gasteiger partial charge in [0, 0.05) is 29.4 Å². The molecular weight excluding hydrogens is 402 g/mol. The van der Waals surface area contributed by atoms with Crippen LogP contribution in [0.15, 0.2) is 96.5 Å². The second-order valence-electron chi connectivity index (χ2n) is 10.2. The molecule has 1 aromatic carbocycles. The molecule has 0 amide bonds. The Bertz CT molecular complexity index is 1030. The molecule has 1 aromatic rings. The number of fused-ring (bicyclic) bond motifs is 1. The zero-order valence-electron chi connectivity index (χ0n) is 21.4. The van der Waals surface area contributed by atoms with E-state index in [1.54, 1.807) is 0 Å². The number of benzene rings is 1. The molecule has 1 fully saturated rings. The first-order valence-electron chi connectivity index (χ1n) is 12.2. The number of hydrogen-bond acceptors (Lipinski definition) is 2. The molecule has 33 heavy (non-hydrogen) atoms. The van der Waals surface area contributed by atoms with Crippen molar-refractivity contribution >= 4 is 5.69 Å². The maximum absolute atomic E-state index is 5.76. The second kappa shape index (κ2) is 9.70. The first-order valence-corrected chi connectivity index (χ1v) is 12.2. The van der Waals surface area contributed by atoms with Crippen molar-refractivity contribution < 1.29 is 0 Å². The van der Waals surface area contributed by atoms with Gasteiger partial charge in [0.2, 0.25) is 0 Å². The van der Waals surface area contributed by atoms with Crippen LogP contribution in [0.25, 0.3) is 0 Å². The van der Waals surface area contributed by atoms with Crippen LogP contribution in [0.3, 0.4) is 0 Å². The first-order chi connectivity index (χ1) is 15.7. The van der Waals surface area contributed by atoms with Crippen molar-refractivity contribution in [3.05, 3.63) is 102 Å². The Kier molecular flexibility index (Phi) is 7.36. The summed E-state index contributed by atoms with van der Waals surface area (Å²) in [7, 11) is 2.29. The van der Waals surface area contributed by atoms with Crippen molar-refractivity contribution in [3.8, 4) is 0 Å². The van der Waals surface area contributed by atoms with Crippen molar-refractivity contribution in [3.63, 3.8) is 0 Å². The Balaban J connectivity index is 1.87. The average Bonchev–Trinajstić information content (AvgIpc) is 2.99. The van der Waals surface area contributed by atoms with E-state index in [0.717, 1.165) is 30.4 Å². The number of para-hydroxylation sites is 1. The van der Waals surface area contributed by atoms with Gasteiger partial charge in [0.05, 0.1) is 12.6 Å². The maximum Gasteiger partial charge on any atom is 0.147 e. The lowest BCUT2D eigenvalue weighted by molar-refractivity contribution is 0.176. The van der Waals surface area contributed by atoms with E-state index in [0.29, 0.717) is 0 Å². The van der Waals surface area contributed by atoms with Gasteiger partial charge in [0.1, 0.15) is 17.4 Å². The van der Waals surface area contributed by atoms with Gasteiger partial charge in [-0.3, -0.25) is 4.48 Å². The summed E-state index contributed by atoms with van der Waals surface area (Å²) in [6.07, 6.45) is 19.5. The van der Waals surface area contributed by atoms with Crippen LogP contribution in [-0.4, -0.2) is 25.0 Å². The first kappa shape index (κ1) is 25.0. The van der Waals surface area contributed by atoms with Gasteiger partial charge >= 0.3 is 0 Å². The van der Waals surface area contributed by atoms with Crippen molar-refractivity contribution in [2.45, 2.75) is 53.0 Å². The van der Waals surface area contributed by atoms with Crippen LogP contribution >= 0.6 is 0 Å². The quantitative estimate of drug-likeness (QED) is 0.268. The minimum absolute atomic E-state index is 0.0796. The van der Waals surface area contributed by atoms with Crippen LogP contribution < -0.4 is 10.2 Å². The molecule has 0 radical (unpaired) electrons. The van der Waals surface area contributed by atoms with Gasteiger partial charge in [-0.15, -0.1) is 0 Å². The van der Waals surface area contributed by atoms with E-state index in [9.17, 15) is 0 Å². The Morgan fingerprint density at radius 2 is 1.76 bits per heavy atom. The fourth-order valence-electron chi connectivity index (χ4n) is 5.34. The van der Waals surface area contributed by atoms with Crippen LogP contribution in [0.1, 0.15) is 53.0 Å². The molecule has 0 bridgehead atoms. The van der Waals surface area contributed by atoms with E-state index in [4.69, 9.17) is 5.73 Å². The molecule has 2 N–H and O–H groups in total. The van der Waals surface area contributed by atoms with Crippen molar-refractivity contribution in [2.75, 3.05) is 20.1 Å². The number of rotatable bonds is 8. The van der Waals surface area contributed by atoms with E-state index in [1.807, 2.05) is 6.08 Å². The van der Waals surface area contributed by atoms with Crippen LogP contribution in [0.2, 0.25) is 0 Å². The van der Waals surface area contributed by atoms with Crippen LogP contribution in [0, 0.1) is 5.41 Å². The molecule has 3 nitrogen and oxygen atoms in total. The molecule has 0 aromatic heterocycles. The second-order valence-corrected chi connectivity index (χ2v) is 10.2. The molecule has 2 heterocycles. The largest absolute Gasteiger partial charge is 0.344 e. The lowest BCUT2D eigenvalue weighted by atomic mass is 9.79. The normalized spacial score (nSPS) is 27.1. The van der Waals surface area contributed by atoms with Gasteiger partial charge in [0.15, 0.2) is 0 Å². The highest BCUT2D eigenvalue weighted by Gasteiger charge is 2.54. The molecule has 176 valence electrons. The molecule has 2 aliphatic heterocycles. The lowest BCUT2D eigenvalue weighted by Crippen LogP contribution is -2.62. The van der Waals surface area contributed by atoms with E-state index in [-0.39, 0.29) is 11.0 Å². The lowest BCUT2D eigenvalue weighted by Gasteiger charge is -2.53. The summed E-state index contributed by atoms with van der Waals surface area (Å²) in [5.74, 6) is 0. The average molecular weight is 445 g/mol. The molecule has 3 rings (SSSR count). The number of hydrogen-bond donors (Lipinski definition) is 1. The predicted octanol–water partition coefficient (Wildman–Crippen LogP) is 6.92. The highest BCUT2D eigenvalue weighted by Crippen LogP contribution is 2.53. The standard InChI is InChI=1S/C30H42N3/c1-8-17-24-26(9-2)32(22-15-14-21-31)28(29(24,3)4)20-11-10-16-23-33(7)27-19-13-12-18-25(27)30(33,5)6/h8-13,16-20,23H,1,14-15,21-22,31H2,2-7H3/q+1/b11-10+,23-16+,24-17+,26-9+,28-20+. The minimum Gasteiger partial charge on any atom is -0.344 e. The summed E-state index contributed by atoms with van der Waals surface area (Å²) in [4.78, 5) is 2.46. The molecule has 0 spiro atoms. The number of unbranched alkanes of at least 4 members (excludes halogenated alkanes) is 1. The number of nitrogens with zero attached hydrogens (tertiary/aromatic N) is 2. The highest BCUT2D eigenvalue weighted by atomic mass is 15.4. The summed E-state index contributed by atoms with van der Waals surface area (Å²) in [5, 5.41) is 0. The zero-order valence-corrected chi connectivity index (χ0v) is 21.4. The van der Waals surface area contributed by atoms with E-state index >= 15 is 0 Å². The van der Waals surface area contributed by atoms with Crippen LogP contribution in [-0.2, 0) is 5.54 Å². The van der Waals surface area contributed by atoms with Gasteiger partial charge in [0.25, 0.3) is 0 Å². The van der Waals surface area contributed by atoms with Crippen LogP contribution in [0.5, 0.6) is 0 Å². The van der Waals surface area contributed by atoms with Crippen molar-refractivity contribution in [2.24, 2.45) is 11.1 Å². The number of allylic oxidation sites excluding steroid dienone is 9. The smallest absolute Gasteiger partial charge is 0.147 e. The van der Waals surface area contributed by atoms with E-state index < -0.39 is 0 Å². The summed E-state index contributed by atoms with van der Waals surface area (Å²) in [6, 6.07) is 8.75. The van der Waals surface area contributed by atoms with Gasteiger partial charge in [-0.2, -0.15) is 0 Å². The third kappa shape index (κ3) is 4.20. The van der Waals surface area contributed by atoms with Crippen molar-refractivity contribution in [1.82, 2.24) is 9.38 Å². The molecule has 1 saturated heterocycles. The molecule has 0 aliphatic carbocycles. The highest BCUT2D eigenvalue weighted by molar-refractivity contribution is 5.66. The van der Waals surface area contributed by atoms with Gasteiger partial charge in [-0.05, 0) is 63.9 Å². The van der Waals surface area contributed by atoms with Gasteiger partial charge < -0.3 is 10.6 Å². The minimum atomic E-state index is -0.0796.